The van der Waals surface area contributed by atoms with Crippen LogP contribution in [0.25, 0.3) is 0 Å². The fraction of sp³-hybridized carbons (Fsp3) is 0.727. The molecule has 2 nitrogen and oxygen atoms in total. The Balaban J connectivity index is 1.81. The maximum Gasteiger partial charge on any atom is 0.0897 e. The van der Waals surface area contributed by atoms with E-state index in [-0.39, 0.29) is 0 Å². The van der Waals surface area contributed by atoms with Crippen LogP contribution in [0, 0.1) is 12.8 Å². The van der Waals surface area contributed by atoms with Gasteiger partial charge in [0, 0.05) is 27.6 Å². The predicted molar refractivity (Wildman–Crippen MR) is 65.5 cm³/mol. The van der Waals surface area contributed by atoms with E-state index in [1.807, 2.05) is 13.1 Å². The van der Waals surface area contributed by atoms with Gasteiger partial charge in [-0.05, 0) is 25.7 Å². The van der Waals surface area contributed by atoms with Crippen molar-refractivity contribution in [3.8, 4) is 0 Å². The second-order valence-electron chi connectivity index (χ2n) is 4.25. The Hall–Kier alpha value is -0.220. The molecule has 1 saturated carbocycles. The molecule has 4 heteroatoms. The van der Waals surface area contributed by atoms with E-state index in [9.17, 15) is 4.21 Å². The number of aryl methyl sites for hydroxylation is 1. The zero-order valence-corrected chi connectivity index (χ0v) is 10.7. The SMILES string of the molecule is Cc1ncc(C[S@](=O)CC2CCCC2)s1. The third-order valence-corrected chi connectivity index (χ3v) is 5.44. The van der Waals surface area contributed by atoms with Gasteiger partial charge in [0.05, 0.1) is 10.8 Å². The molecule has 1 aromatic heterocycles. The summed E-state index contributed by atoms with van der Waals surface area (Å²) in [4.78, 5) is 5.36. The lowest BCUT2D eigenvalue weighted by Crippen LogP contribution is -2.08. The van der Waals surface area contributed by atoms with Gasteiger partial charge < -0.3 is 0 Å². The Labute approximate surface area is 97.6 Å². The molecule has 0 bridgehead atoms. The zero-order chi connectivity index (χ0) is 10.7. The Kier molecular flexibility index (Phi) is 3.92. The molecule has 1 fully saturated rings. The second-order valence-corrected chi connectivity index (χ2v) is 7.07. The van der Waals surface area contributed by atoms with Crippen molar-refractivity contribution in [3.63, 3.8) is 0 Å². The van der Waals surface area contributed by atoms with Gasteiger partial charge in [-0.1, -0.05) is 12.8 Å². The van der Waals surface area contributed by atoms with Crippen LogP contribution >= 0.6 is 11.3 Å². The highest BCUT2D eigenvalue weighted by atomic mass is 32.2. The minimum atomic E-state index is -0.677. The van der Waals surface area contributed by atoms with Gasteiger partial charge in [-0.25, -0.2) is 4.98 Å². The highest BCUT2D eigenvalue weighted by Crippen LogP contribution is 2.26. The Morgan fingerprint density at radius 2 is 2.27 bits per heavy atom. The summed E-state index contributed by atoms with van der Waals surface area (Å²) in [5.41, 5.74) is 0. The predicted octanol–water partition coefficient (Wildman–Crippen LogP) is 2.89. The molecule has 15 heavy (non-hydrogen) atoms. The molecule has 0 saturated heterocycles. The van der Waals surface area contributed by atoms with E-state index in [0.29, 0.717) is 5.75 Å². The molecular weight excluding hydrogens is 226 g/mol. The van der Waals surface area contributed by atoms with Crippen LogP contribution < -0.4 is 0 Å². The Bertz CT molecular complexity index is 342. The summed E-state index contributed by atoms with van der Waals surface area (Å²) in [7, 11) is -0.677. The van der Waals surface area contributed by atoms with Crippen LogP contribution in [0.3, 0.4) is 0 Å². The molecule has 0 aliphatic heterocycles. The van der Waals surface area contributed by atoms with Crippen LogP contribution in [0.2, 0.25) is 0 Å². The quantitative estimate of drug-likeness (QED) is 0.814. The van der Waals surface area contributed by atoms with Gasteiger partial charge in [0.15, 0.2) is 0 Å². The smallest absolute Gasteiger partial charge is 0.0897 e. The topological polar surface area (TPSA) is 30.0 Å². The van der Waals surface area contributed by atoms with Crippen LogP contribution in [-0.2, 0) is 16.6 Å². The minimum Gasteiger partial charge on any atom is -0.259 e. The van der Waals surface area contributed by atoms with Crippen molar-refractivity contribution >= 4 is 22.1 Å². The van der Waals surface area contributed by atoms with E-state index in [0.717, 1.165) is 16.7 Å². The number of thiazole rings is 1. The van der Waals surface area contributed by atoms with Crippen LogP contribution in [0.15, 0.2) is 6.20 Å². The van der Waals surface area contributed by atoms with Crippen molar-refractivity contribution < 1.29 is 4.21 Å². The van der Waals surface area contributed by atoms with Crippen LogP contribution in [0.4, 0.5) is 0 Å². The first-order chi connectivity index (χ1) is 7.24. The zero-order valence-electron chi connectivity index (χ0n) is 9.07. The highest BCUT2D eigenvalue weighted by molar-refractivity contribution is 7.84. The van der Waals surface area contributed by atoms with Crippen molar-refractivity contribution in [2.24, 2.45) is 5.92 Å². The number of rotatable bonds is 4. The molecule has 0 unspecified atom stereocenters. The first kappa shape index (κ1) is 11.3. The number of hydrogen-bond donors (Lipinski definition) is 0. The first-order valence-corrected chi connectivity index (χ1v) is 7.81. The van der Waals surface area contributed by atoms with Gasteiger partial charge in [-0.2, -0.15) is 0 Å². The normalized spacial score (nSPS) is 19.5. The van der Waals surface area contributed by atoms with Crippen molar-refractivity contribution in [3.05, 3.63) is 16.1 Å². The number of aromatic nitrogens is 1. The maximum absolute atomic E-state index is 11.9. The summed E-state index contributed by atoms with van der Waals surface area (Å²) in [6.45, 7) is 1.99. The van der Waals surface area contributed by atoms with Crippen LogP contribution in [-0.4, -0.2) is 14.9 Å². The van der Waals surface area contributed by atoms with E-state index in [1.165, 1.54) is 30.6 Å². The lowest BCUT2D eigenvalue weighted by atomic mass is 10.1. The Morgan fingerprint density at radius 3 is 2.87 bits per heavy atom. The largest absolute Gasteiger partial charge is 0.259 e. The molecule has 0 N–H and O–H groups in total. The third-order valence-electron chi connectivity index (χ3n) is 2.87. The summed E-state index contributed by atoms with van der Waals surface area (Å²) in [5, 5.41) is 1.07. The summed E-state index contributed by atoms with van der Waals surface area (Å²) >= 11 is 1.67. The molecule has 84 valence electrons. The van der Waals surface area contributed by atoms with Crippen molar-refractivity contribution in [2.75, 3.05) is 5.75 Å². The van der Waals surface area contributed by atoms with Crippen molar-refractivity contribution in [1.29, 1.82) is 0 Å². The summed E-state index contributed by atoms with van der Waals surface area (Å²) < 4.78 is 11.9. The van der Waals surface area contributed by atoms with Crippen molar-refractivity contribution in [1.82, 2.24) is 4.98 Å². The maximum atomic E-state index is 11.9. The van der Waals surface area contributed by atoms with Gasteiger partial charge in [-0.3, -0.25) is 4.21 Å². The number of nitrogens with zero attached hydrogens (tertiary/aromatic N) is 1. The van der Waals surface area contributed by atoms with Crippen LogP contribution in [0.1, 0.15) is 35.6 Å². The minimum absolute atomic E-state index is 0.677. The third kappa shape index (κ3) is 3.38. The number of hydrogen-bond acceptors (Lipinski definition) is 3. The van der Waals surface area contributed by atoms with Gasteiger partial charge >= 0.3 is 0 Å². The molecule has 1 aliphatic carbocycles. The lowest BCUT2D eigenvalue weighted by Gasteiger charge is -2.06. The summed E-state index contributed by atoms with van der Waals surface area (Å²) in [6.07, 6.45) is 7.11. The Morgan fingerprint density at radius 1 is 1.53 bits per heavy atom. The molecule has 0 radical (unpaired) electrons. The molecule has 1 aromatic rings. The molecule has 2 rings (SSSR count). The molecule has 0 spiro atoms. The van der Waals surface area contributed by atoms with E-state index in [1.54, 1.807) is 11.3 Å². The fourth-order valence-electron chi connectivity index (χ4n) is 2.13. The van der Waals surface area contributed by atoms with Crippen molar-refractivity contribution in [2.45, 2.75) is 38.4 Å². The van der Waals surface area contributed by atoms with Gasteiger partial charge in [0.2, 0.25) is 0 Å². The summed E-state index contributed by atoms with van der Waals surface area (Å²) in [5.74, 6) is 2.33. The molecule has 1 heterocycles. The van der Waals surface area contributed by atoms with Gasteiger partial charge in [0.1, 0.15) is 0 Å². The summed E-state index contributed by atoms with van der Waals surface area (Å²) in [6, 6.07) is 0. The molecule has 1 aliphatic rings. The molecule has 0 aromatic carbocycles. The fourth-order valence-corrected chi connectivity index (χ4v) is 4.72. The average Bonchev–Trinajstić information content (AvgIpc) is 2.77. The van der Waals surface area contributed by atoms with Gasteiger partial charge in [0.25, 0.3) is 0 Å². The molecular formula is C11H17NOS2. The van der Waals surface area contributed by atoms with E-state index >= 15 is 0 Å². The molecule has 0 amide bonds. The lowest BCUT2D eigenvalue weighted by molar-refractivity contribution is 0.604. The highest BCUT2D eigenvalue weighted by Gasteiger charge is 2.18. The standard InChI is InChI=1S/C11H17NOS2/c1-9-12-6-11(14-9)8-15(13)7-10-4-2-3-5-10/h6,10H,2-5,7-8H2,1H3/t15-/m1/s1. The first-order valence-electron chi connectivity index (χ1n) is 5.50. The van der Waals surface area contributed by atoms with E-state index in [4.69, 9.17) is 0 Å². The molecule has 1 atom stereocenters. The van der Waals surface area contributed by atoms with Crippen LogP contribution in [0.5, 0.6) is 0 Å². The van der Waals surface area contributed by atoms with Gasteiger partial charge in [-0.15, -0.1) is 11.3 Å². The monoisotopic (exact) mass is 243 g/mol. The average molecular weight is 243 g/mol. The van der Waals surface area contributed by atoms with E-state index in [2.05, 4.69) is 4.98 Å². The van der Waals surface area contributed by atoms with E-state index < -0.39 is 10.8 Å². The second kappa shape index (κ2) is 5.21.